The molecule has 0 radical (unpaired) electrons. The van der Waals surface area contributed by atoms with Crippen LogP contribution in [0.1, 0.15) is 37.4 Å². The van der Waals surface area contributed by atoms with Gasteiger partial charge < -0.3 is 5.11 Å². The molecule has 1 aliphatic carbocycles. The molecule has 2 aromatic carbocycles. The third-order valence-corrected chi connectivity index (χ3v) is 3.94. The standard InChI is InChI=1S/C16H18O/c17-16(10-12-4-3-5-12)15-9-8-13-6-1-2-7-14(13)11-15/h1-2,6-9,11-12,16-17H,3-5,10H2. The van der Waals surface area contributed by atoms with Gasteiger partial charge in [0, 0.05) is 0 Å². The second kappa shape index (κ2) is 4.50. The summed E-state index contributed by atoms with van der Waals surface area (Å²) in [5.74, 6) is 0.747. The van der Waals surface area contributed by atoms with Crippen LogP contribution < -0.4 is 0 Å². The van der Waals surface area contributed by atoms with Crippen LogP contribution >= 0.6 is 0 Å². The summed E-state index contributed by atoms with van der Waals surface area (Å²) in [6.45, 7) is 0. The largest absolute Gasteiger partial charge is 0.388 e. The zero-order valence-corrected chi connectivity index (χ0v) is 9.97. The molecule has 0 saturated heterocycles. The SMILES string of the molecule is OC(CC1CCC1)c1ccc2ccccc2c1. The molecule has 2 aromatic rings. The van der Waals surface area contributed by atoms with Crippen molar-refractivity contribution in [1.82, 2.24) is 0 Å². The second-order valence-electron chi connectivity index (χ2n) is 5.16. The van der Waals surface area contributed by atoms with E-state index >= 15 is 0 Å². The fourth-order valence-electron chi connectivity index (χ4n) is 2.60. The van der Waals surface area contributed by atoms with Crippen LogP contribution in [-0.2, 0) is 0 Å². The van der Waals surface area contributed by atoms with E-state index in [4.69, 9.17) is 0 Å². The van der Waals surface area contributed by atoms with Crippen molar-refractivity contribution in [2.75, 3.05) is 0 Å². The summed E-state index contributed by atoms with van der Waals surface area (Å²) < 4.78 is 0. The third kappa shape index (κ3) is 2.20. The van der Waals surface area contributed by atoms with Crippen molar-refractivity contribution in [3.05, 3.63) is 48.0 Å². The first kappa shape index (κ1) is 10.8. The van der Waals surface area contributed by atoms with Gasteiger partial charge >= 0.3 is 0 Å². The minimum Gasteiger partial charge on any atom is -0.388 e. The van der Waals surface area contributed by atoms with Crippen LogP contribution in [0.5, 0.6) is 0 Å². The topological polar surface area (TPSA) is 20.2 Å². The Bertz CT molecular complexity index is 514. The molecule has 1 aliphatic rings. The average Bonchev–Trinajstić information content (AvgIpc) is 2.33. The number of hydrogen-bond acceptors (Lipinski definition) is 1. The second-order valence-corrected chi connectivity index (χ2v) is 5.16. The fraction of sp³-hybridized carbons (Fsp3) is 0.375. The molecule has 1 heteroatoms. The molecule has 1 N–H and O–H groups in total. The Hall–Kier alpha value is -1.34. The van der Waals surface area contributed by atoms with E-state index in [0.717, 1.165) is 17.9 Å². The molecule has 1 nitrogen and oxygen atoms in total. The molecule has 1 unspecified atom stereocenters. The lowest BCUT2D eigenvalue weighted by atomic mass is 9.80. The first-order valence-corrected chi connectivity index (χ1v) is 6.50. The van der Waals surface area contributed by atoms with Crippen LogP contribution in [0, 0.1) is 5.92 Å². The van der Waals surface area contributed by atoms with Gasteiger partial charge in [0.2, 0.25) is 0 Å². The van der Waals surface area contributed by atoms with E-state index in [-0.39, 0.29) is 6.10 Å². The van der Waals surface area contributed by atoms with E-state index in [9.17, 15) is 5.11 Å². The molecular weight excluding hydrogens is 208 g/mol. The fourth-order valence-corrected chi connectivity index (χ4v) is 2.60. The Morgan fingerprint density at radius 1 is 1.06 bits per heavy atom. The molecule has 88 valence electrons. The first-order chi connectivity index (χ1) is 8.33. The predicted octanol–water partition coefficient (Wildman–Crippen LogP) is 4.06. The molecule has 0 heterocycles. The lowest BCUT2D eigenvalue weighted by molar-refractivity contribution is 0.118. The van der Waals surface area contributed by atoms with Gasteiger partial charge in [-0.3, -0.25) is 0 Å². The Morgan fingerprint density at radius 3 is 2.53 bits per heavy atom. The van der Waals surface area contributed by atoms with E-state index in [1.165, 1.54) is 30.0 Å². The van der Waals surface area contributed by atoms with Crippen molar-refractivity contribution < 1.29 is 5.11 Å². The van der Waals surface area contributed by atoms with Gasteiger partial charge in [0.25, 0.3) is 0 Å². The molecule has 1 atom stereocenters. The highest BCUT2D eigenvalue weighted by atomic mass is 16.3. The van der Waals surface area contributed by atoms with E-state index in [2.05, 4.69) is 30.3 Å². The highest BCUT2D eigenvalue weighted by Crippen LogP contribution is 2.35. The maximum atomic E-state index is 10.2. The maximum absolute atomic E-state index is 10.2. The number of aliphatic hydroxyl groups is 1. The van der Waals surface area contributed by atoms with Gasteiger partial charge in [-0.2, -0.15) is 0 Å². The van der Waals surface area contributed by atoms with Crippen molar-refractivity contribution in [2.45, 2.75) is 31.8 Å². The van der Waals surface area contributed by atoms with Gasteiger partial charge in [-0.15, -0.1) is 0 Å². The first-order valence-electron chi connectivity index (χ1n) is 6.50. The lowest BCUT2D eigenvalue weighted by Gasteiger charge is -2.27. The van der Waals surface area contributed by atoms with Crippen molar-refractivity contribution >= 4 is 10.8 Å². The summed E-state index contributed by atoms with van der Waals surface area (Å²) in [4.78, 5) is 0. The van der Waals surface area contributed by atoms with E-state index in [1.807, 2.05) is 12.1 Å². The average molecular weight is 226 g/mol. The molecule has 0 aliphatic heterocycles. The van der Waals surface area contributed by atoms with Gasteiger partial charge in [-0.25, -0.2) is 0 Å². The minimum atomic E-state index is -0.287. The molecular formula is C16H18O. The maximum Gasteiger partial charge on any atom is 0.0792 e. The van der Waals surface area contributed by atoms with Gasteiger partial charge in [0.05, 0.1) is 6.10 Å². The summed E-state index contributed by atoms with van der Waals surface area (Å²) in [6.07, 6.45) is 4.58. The zero-order chi connectivity index (χ0) is 11.7. The number of benzene rings is 2. The summed E-state index contributed by atoms with van der Waals surface area (Å²) in [5, 5.41) is 12.7. The van der Waals surface area contributed by atoms with Gasteiger partial charge in [-0.1, -0.05) is 55.7 Å². The van der Waals surface area contributed by atoms with E-state index in [0.29, 0.717) is 0 Å². The summed E-state index contributed by atoms with van der Waals surface area (Å²) in [6, 6.07) is 14.6. The Balaban J connectivity index is 1.83. The summed E-state index contributed by atoms with van der Waals surface area (Å²) >= 11 is 0. The van der Waals surface area contributed by atoms with Crippen molar-refractivity contribution in [3.63, 3.8) is 0 Å². The van der Waals surface area contributed by atoms with Crippen LogP contribution in [-0.4, -0.2) is 5.11 Å². The normalized spacial score (nSPS) is 17.9. The van der Waals surface area contributed by atoms with Gasteiger partial charge in [-0.05, 0) is 34.7 Å². The molecule has 0 aromatic heterocycles. The Labute approximate surface area is 102 Å². The van der Waals surface area contributed by atoms with Crippen LogP contribution in [0.2, 0.25) is 0 Å². The Kier molecular flexibility index (Phi) is 2.86. The molecule has 0 spiro atoms. The number of hydrogen-bond donors (Lipinski definition) is 1. The van der Waals surface area contributed by atoms with Gasteiger partial charge in [0.1, 0.15) is 0 Å². The smallest absolute Gasteiger partial charge is 0.0792 e. The van der Waals surface area contributed by atoms with Crippen LogP contribution in [0.3, 0.4) is 0 Å². The Morgan fingerprint density at radius 2 is 1.82 bits per heavy atom. The summed E-state index contributed by atoms with van der Waals surface area (Å²) in [7, 11) is 0. The monoisotopic (exact) mass is 226 g/mol. The lowest BCUT2D eigenvalue weighted by Crippen LogP contribution is -2.14. The number of aliphatic hydroxyl groups excluding tert-OH is 1. The van der Waals surface area contributed by atoms with Crippen LogP contribution in [0.4, 0.5) is 0 Å². The predicted molar refractivity (Wildman–Crippen MR) is 70.9 cm³/mol. The van der Waals surface area contributed by atoms with Crippen LogP contribution in [0.15, 0.2) is 42.5 Å². The number of fused-ring (bicyclic) bond motifs is 1. The van der Waals surface area contributed by atoms with Crippen molar-refractivity contribution in [2.24, 2.45) is 5.92 Å². The van der Waals surface area contributed by atoms with Gasteiger partial charge in [0.15, 0.2) is 0 Å². The number of rotatable bonds is 3. The molecule has 0 bridgehead atoms. The highest BCUT2D eigenvalue weighted by Gasteiger charge is 2.21. The summed E-state index contributed by atoms with van der Waals surface area (Å²) in [5.41, 5.74) is 1.07. The molecule has 0 amide bonds. The molecule has 1 saturated carbocycles. The third-order valence-electron chi connectivity index (χ3n) is 3.94. The quantitative estimate of drug-likeness (QED) is 0.836. The van der Waals surface area contributed by atoms with Crippen LogP contribution in [0.25, 0.3) is 10.8 Å². The minimum absolute atomic E-state index is 0.287. The zero-order valence-electron chi connectivity index (χ0n) is 9.97. The van der Waals surface area contributed by atoms with E-state index < -0.39 is 0 Å². The van der Waals surface area contributed by atoms with Crippen molar-refractivity contribution in [3.8, 4) is 0 Å². The molecule has 17 heavy (non-hydrogen) atoms. The highest BCUT2D eigenvalue weighted by molar-refractivity contribution is 5.83. The van der Waals surface area contributed by atoms with E-state index in [1.54, 1.807) is 0 Å². The van der Waals surface area contributed by atoms with Crippen molar-refractivity contribution in [1.29, 1.82) is 0 Å². The molecule has 1 fully saturated rings. The molecule has 3 rings (SSSR count).